The predicted octanol–water partition coefficient (Wildman–Crippen LogP) is 3.19. The number of carbonyl (C=O) groups excluding carboxylic acids is 1. The summed E-state index contributed by atoms with van der Waals surface area (Å²) in [4.78, 5) is 23.1. The molecule has 4 rings (SSSR count). The molecule has 0 aromatic heterocycles. The molecule has 0 saturated heterocycles. The van der Waals surface area contributed by atoms with Gasteiger partial charge in [0.2, 0.25) is 5.91 Å². The molecule has 0 radical (unpaired) electrons. The number of amidine groups is 1. The first-order valence-electron chi connectivity index (χ1n) is 8.59. The number of carbonyl (C=O) groups is 1. The highest BCUT2D eigenvalue weighted by molar-refractivity contribution is 7.99. The highest BCUT2D eigenvalue weighted by Crippen LogP contribution is 2.40. The largest absolute Gasteiger partial charge is 0.329 e. The molecule has 2 aromatic rings. The number of hydrogen-bond acceptors (Lipinski definition) is 5. The second-order valence-corrected chi connectivity index (χ2v) is 7.40. The number of hydrogen-bond donors (Lipinski definition) is 1. The smallest absolute Gasteiger partial charge is 0.243 e. The summed E-state index contributed by atoms with van der Waals surface area (Å²) in [5, 5.41) is 0. The number of nitrogens with two attached hydrogens (primary N) is 1. The van der Waals surface area contributed by atoms with Gasteiger partial charge in [0.15, 0.2) is 0 Å². The van der Waals surface area contributed by atoms with E-state index in [1.54, 1.807) is 29.8 Å². The van der Waals surface area contributed by atoms with Crippen molar-refractivity contribution in [3.63, 3.8) is 0 Å². The van der Waals surface area contributed by atoms with Crippen LogP contribution in [0.4, 0.5) is 5.69 Å². The Morgan fingerprint density at radius 2 is 1.81 bits per heavy atom. The van der Waals surface area contributed by atoms with Gasteiger partial charge in [0.1, 0.15) is 5.84 Å². The van der Waals surface area contributed by atoms with E-state index in [1.165, 1.54) is 4.90 Å². The number of rotatable bonds is 1. The van der Waals surface area contributed by atoms with Crippen molar-refractivity contribution in [2.24, 2.45) is 10.7 Å². The van der Waals surface area contributed by atoms with Crippen molar-refractivity contribution in [3.8, 4) is 0 Å². The highest BCUT2D eigenvalue weighted by atomic mass is 32.2. The van der Waals surface area contributed by atoms with Gasteiger partial charge in [0.05, 0.1) is 11.7 Å². The minimum atomic E-state index is -0.495. The van der Waals surface area contributed by atoms with E-state index >= 15 is 0 Å². The van der Waals surface area contributed by atoms with E-state index in [4.69, 9.17) is 10.7 Å². The molecule has 2 heterocycles. The van der Waals surface area contributed by atoms with Crippen molar-refractivity contribution >= 4 is 29.2 Å². The Balaban J connectivity index is 1.72. The zero-order valence-corrected chi connectivity index (χ0v) is 15.3. The fourth-order valence-electron chi connectivity index (χ4n) is 3.04. The first-order chi connectivity index (χ1) is 12.6. The van der Waals surface area contributed by atoms with Crippen LogP contribution in [0.5, 0.6) is 0 Å². The maximum atomic E-state index is 12.1. The van der Waals surface area contributed by atoms with Gasteiger partial charge >= 0.3 is 0 Å². The molecule has 0 fully saturated rings. The predicted molar refractivity (Wildman–Crippen MR) is 104 cm³/mol. The summed E-state index contributed by atoms with van der Waals surface area (Å²) in [5.41, 5.74) is 7.78. The van der Waals surface area contributed by atoms with Gasteiger partial charge in [-0.15, -0.1) is 0 Å². The monoisotopic (exact) mass is 364 g/mol. The average Bonchev–Trinajstić information content (AvgIpc) is 2.84. The van der Waals surface area contributed by atoms with E-state index in [-0.39, 0.29) is 5.91 Å². The van der Waals surface area contributed by atoms with Crippen LogP contribution < -0.4 is 5.73 Å². The van der Waals surface area contributed by atoms with E-state index in [9.17, 15) is 4.79 Å². The number of benzene rings is 2. The van der Waals surface area contributed by atoms with Gasteiger partial charge in [-0.05, 0) is 25.1 Å². The summed E-state index contributed by atoms with van der Waals surface area (Å²) < 4.78 is 0. The molecule has 2 aliphatic heterocycles. The van der Waals surface area contributed by atoms with E-state index < -0.39 is 6.04 Å². The molecule has 132 valence electrons. The molecule has 2 aromatic carbocycles. The summed E-state index contributed by atoms with van der Waals surface area (Å²) in [6.45, 7) is 2.98. The lowest BCUT2D eigenvalue weighted by Gasteiger charge is -2.31. The van der Waals surface area contributed by atoms with Crippen molar-refractivity contribution in [1.29, 1.82) is 0 Å². The Morgan fingerprint density at radius 1 is 1.08 bits per heavy atom. The zero-order valence-electron chi connectivity index (χ0n) is 14.5. The van der Waals surface area contributed by atoms with Gasteiger partial charge in [0, 0.05) is 40.8 Å². The molecule has 0 spiro atoms. The maximum Gasteiger partial charge on any atom is 0.243 e. The Kier molecular flexibility index (Phi) is 4.53. The number of amides is 1. The van der Waals surface area contributed by atoms with Crippen LogP contribution in [0.3, 0.4) is 0 Å². The molecule has 6 heteroatoms. The molecular formula is C20H20N4OS. The molecule has 26 heavy (non-hydrogen) atoms. The molecule has 1 amide bonds. The Morgan fingerprint density at radius 3 is 2.54 bits per heavy atom. The second-order valence-electron chi connectivity index (χ2n) is 6.31. The van der Waals surface area contributed by atoms with Crippen molar-refractivity contribution in [2.75, 3.05) is 13.1 Å². The average molecular weight is 364 g/mol. The van der Waals surface area contributed by atoms with Crippen LogP contribution in [-0.4, -0.2) is 40.7 Å². The molecule has 0 bridgehead atoms. The van der Waals surface area contributed by atoms with Crippen LogP contribution in [0.2, 0.25) is 0 Å². The lowest BCUT2D eigenvalue weighted by molar-refractivity contribution is -0.129. The maximum absolute atomic E-state index is 12.1. The highest BCUT2D eigenvalue weighted by Gasteiger charge is 2.25. The third kappa shape index (κ3) is 3.13. The summed E-state index contributed by atoms with van der Waals surface area (Å²) >= 11 is 1.73. The topological polar surface area (TPSA) is 61.9 Å². The van der Waals surface area contributed by atoms with E-state index in [1.807, 2.05) is 36.5 Å². The van der Waals surface area contributed by atoms with Crippen LogP contribution in [0, 0.1) is 0 Å². The van der Waals surface area contributed by atoms with Crippen molar-refractivity contribution in [2.45, 2.75) is 22.8 Å². The fraction of sp³-hybridized carbons (Fsp3) is 0.200. The van der Waals surface area contributed by atoms with Gasteiger partial charge in [0.25, 0.3) is 0 Å². The van der Waals surface area contributed by atoms with Gasteiger partial charge in [-0.3, -0.25) is 4.79 Å². The van der Waals surface area contributed by atoms with Crippen LogP contribution in [0.25, 0.3) is 0 Å². The molecule has 0 aliphatic carbocycles. The normalized spacial score (nSPS) is 17.1. The zero-order chi connectivity index (χ0) is 18.1. The van der Waals surface area contributed by atoms with Crippen LogP contribution in [0.1, 0.15) is 12.5 Å². The summed E-state index contributed by atoms with van der Waals surface area (Å²) in [6.07, 6.45) is 3.71. The minimum Gasteiger partial charge on any atom is -0.329 e. The van der Waals surface area contributed by atoms with Crippen molar-refractivity contribution in [1.82, 2.24) is 9.80 Å². The first-order valence-corrected chi connectivity index (χ1v) is 9.41. The number of para-hydroxylation sites is 1. The molecule has 5 nitrogen and oxygen atoms in total. The third-order valence-electron chi connectivity index (χ3n) is 4.39. The Bertz CT molecular complexity index is 906. The third-order valence-corrected chi connectivity index (χ3v) is 5.53. The molecule has 0 saturated carbocycles. The molecule has 2 N–H and O–H groups in total. The molecule has 1 atom stereocenters. The van der Waals surface area contributed by atoms with Crippen LogP contribution >= 0.6 is 11.8 Å². The van der Waals surface area contributed by atoms with E-state index in [0.717, 1.165) is 22.0 Å². The lowest BCUT2D eigenvalue weighted by atomic mass is 10.1. The number of nitrogens with zero attached hydrogens (tertiary/aromatic N) is 3. The van der Waals surface area contributed by atoms with Crippen LogP contribution in [0.15, 0.2) is 75.7 Å². The van der Waals surface area contributed by atoms with Crippen molar-refractivity contribution in [3.05, 3.63) is 66.5 Å². The Labute approximate surface area is 157 Å². The summed E-state index contributed by atoms with van der Waals surface area (Å²) in [5.74, 6) is 0.840. The molecular weight excluding hydrogens is 344 g/mol. The second kappa shape index (κ2) is 6.97. The number of aliphatic imine (C=N–C) groups is 1. The van der Waals surface area contributed by atoms with Gasteiger partial charge in [-0.2, -0.15) is 0 Å². The minimum absolute atomic E-state index is 0.0648. The Hall–Kier alpha value is -2.57. The van der Waals surface area contributed by atoms with Gasteiger partial charge in [-0.1, -0.05) is 42.1 Å². The summed E-state index contributed by atoms with van der Waals surface area (Å²) in [6, 6.07) is 16.0. The first kappa shape index (κ1) is 16.9. The van der Waals surface area contributed by atoms with Crippen molar-refractivity contribution < 1.29 is 4.79 Å². The molecule has 2 aliphatic rings. The fourth-order valence-corrected chi connectivity index (χ4v) is 4.05. The standard InChI is InChI=1S/C20H20N4OS/c1-14(21)20(25)24-12-10-23(11-13-24)19-15-6-2-4-8-17(15)26-18-9-5-3-7-16(18)22-19/h2-10,12,14H,11,13,21H2,1H3. The van der Waals surface area contributed by atoms with Gasteiger partial charge < -0.3 is 15.5 Å². The molecule has 1 unspecified atom stereocenters. The van der Waals surface area contributed by atoms with Gasteiger partial charge in [-0.25, -0.2) is 4.99 Å². The quantitative estimate of drug-likeness (QED) is 0.844. The lowest BCUT2D eigenvalue weighted by Crippen LogP contribution is -2.45. The van der Waals surface area contributed by atoms with Crippen LogP contribution in [-0.2, 0) is 4.79 Å². The number of fused-ring (bicyclic) bond motifs is 2. The summed E-state index contributed by atoms with van der Waals surface area (Å²) in [7, 11) is 0. The SMILES string of the molecule is CC(N)C(=O)N1C=CN(C2=Nc3ccccc3Sc3ccccc32)CC1. The van der Waals surface area contributed by atoms with E-state index in [2.05, 4.69) is 23.1 Å². The van der Waals surface area contributed by atoms with E-state index in [0.29, 0.717) is 13.1 Å².